The number of esters is 2. The van der Waals surface area contributed by atoms with Crippen molar-refractivity contribution < 1.29 is 23.9 Å². The Morgan fingerprint density at radius 3 is 2.66 bits per heavy atom. The zero-order valence-electron chi connectivity index (χ0n) is 19.9. The fourth-order valence-electron chi connectivity index (χ4n) is 4.27. The molecule has 1 aliphatic rings. The standard InChI is InChI=1S/C25H27N3O6S/c1-4-28-12-17(21(30)16-11-10-14(2)26-22(16)28)24(31)34-13-19(29)27-23-20(25(32)33-3)15-8-6-5-7-9-18(15)35-23/h10-12H,4-9,13H2,1-3H3,(H,27,29). The number of rotatable bonds is 6. The highest BCUT2D eigenvalue weighted by Crippen LogP contribution is 2.37. The van der Waals surface area contributed by atoms with Gasteiger partial charge in [0.05, 0.1) is 18.1 Å². The predicted molar refractivity (Wildman–Crippen MR) is 132 cm³/mol. The lowest BCUT2D eigenvalue weighted by Crippen LogP contribution is -2.25. The minimum Gasteiger partial charge on any atom is -0.465 e. The number of pyridine rings is 2. The van der Waals surface area contributed by atoms with Crippen molar-refractivity contribution in [3.63, 3.8) is 0 Å². The van der Waals surface area contributed by atoms with Crippen LogP contribution in [0.3, 0.4) is 0 Å². The number of hydrogen-bond acceptors (Lipinski definition) is 8. The maximum absolute atomic E-state index is 12.9. The first-order chi connectivity index (χ1) is 16.8. The first-order valence-corrected chi connectivity index (χ1v) is 12.4. The van der Waals surface area contributed by atoms with Crippen LogP contribution in [0.5, 0.6) is 0 Å². The predicted octanol–water partition coefficient (Wildman–Crippen LogP) is 3.64. The molecular formula is C25H27N3O6S. The van der Waals surface area contributed by atoms with Crippen molar-refractivity contribution in [1.82, 2.24) is 9.55 Å². The highest BCUT2D eigenvalue weighted by Gasteiger charge is 2.27. The average molecular weight is 498 g/mol. The highest BCUT2D eigenvalue weighted by molar-refractivity contribution is 7.17. The number of aryl methyl sites for hydroxylation is 3. The maximum atomic E-state index is 12.9. The summed E-state index contributed by atoms with van der Waals surface area (Å²) in [5, 5.41) is 3.39. The van der Waals surface area contributed by atoms with E-state index in [0.717, 1.165) is 48.2 Å². The van der Waals surface area contributed by atoms with Crippen LogP contribution in [0.15, 0.2) is 23.1 Å². The SMILES string of the molecule is CCn1cc(C(=O)OCC(=O)Nc2sc3c(c2C(=O)OC)CCCCC3)c(=O)c2ccc(C)nc21. The quantitative estimate of drug-likeness (QED) is 0.408. The summed E-state index contributed by atoms with van der Waals surface area (Å²) < 4.78 is 11.8. The maximum Gasteiger partial charge on any atom is 0.344 e. The summed E-state index contributed by atoms with van der Waals surface area (Å²) in [6.07, 6.45) is 6.08. The largest absolute Gasteiger partial charge is 0.465 e. The van der Waals surface area contributed by atoms with Crippen LogP contribution in [-0.2, 0) is 33.7 Å². The number of hydrogen-bond donors (Lipinski definition) is 1. The van der Waals surface area contributed by atoms with Crippen molar-refractivity contribution in [2.45, 2.75) is 52.5 Å². The lowest BCUT2D eigenvalue weighted by Gasteiger charge is -2.11. The van der Waals surface area contributed by atoms with Crippen molar-refractivity contribution in [2.75, 3.05) is 19.0 Å². The minimum absolute atomic E-state index is 0.170. The molecule has 0 bridgehead atoms. The first kappa shape index (κ1) is 24.6. The third-order valence-electron chi connectivity index (χ3n) is 6.02. The van der Waals surface area contributed by atoms with Gasteiger partial charge in [0, 0.05) is 23.3 Å². The summed E-state index contributed by atoms with van der Waals surface area (Å²) in [6, 6.07) is 3.33. The molecular weight excluding hydrogens is 470 g/mol. The van der Waals surface area contributed by atoms with E-state index in [2.05, 4.69) is 10.3 Å². The molecule has 0 radical (unpaired) electrons. The van der Waals surface area contributed by atoms with E-state index in [1.54, 1.807) is 16.7 Å². The van der Waals surface area contributed by atoms with Crippen LogP contribution < -0.4 is 10.7 Å². The molecule has 0 fully saturated rings. The Balaban J connectivity index is 1.52. The van der Waals surface area contributed by atoms with Gasteiger partial charge in [0.1, 0.15) is 16.2 Å². The molecule has 3 aromatic rings. The van der Waals surface area contributed by atoms with Gasteiger partial charge in [-0.05, 0) is 57.2 Å². The van der Waals surface area contributed by atoms with Gasteiger partial charge in [-0.1, -0.05) is 6.42 Å². The minimum atomic E-state index is -0.898. The van der Waals surface area contributed by atoms with Crippen LogP contribution in [0, 0.1) is 6.92 Å². The lowest BCUT2D eigenvalue weighted by molar-refractivity contribution is -0.119. The molecule has 0 atom stereocenters. The number of amides is 1. The van der Waals surface area contributed by atoms with Crippen LogP contribution in [0.2, 0.25) is 0 Å². The second-order valence-electron chi connectivity index (χ2n) is 8.37. The summed E-state index contributed by atoms with van der Waals surface area (Å²) in [6.45, 7) is 3.59. The van der Waals surface area contributed by atoms with Crippen molar-refractivity contribution in [3.05, 3.63) is 55.8 Å². The Morgan fingerprint density at radius 1 is 1.14 bits per heavy atom. The molecule has 35 heavy (non-hydrogen) atoms. The molecule has 0 saturated carbocycles. The number of fused-ring (bicyclic) bond motifs is 2. The number of thiophene rings is 1. The molecule has 1 amide bonds. The van der Waals surface area contributed by atoms with E-state index in [-0.39, 0.29) is 5.56 Å². The monoisotopic (exact) mass is 497 g/mol. The molecule has 1 N–H and O–H groups in total. The third-order valence-corrected chi connectivity index (χ3v) is 7.23. The van der Waals surface area contributed by atoms with Crippen molar-refractivity contribution >= 4 is 45.2 Å². The number of carbonyl (C=O) groups is 3. The van der Waals surface area contributed by atoms with Gasteiger partial charge in [0.25, 0.3) is 5.91 Å². The van der Waals surface area contributed by atoms with Gasteiger partial charge >= 0.3 is 11.9 Å². The van der Waals surface area contributed by atoms with Crippen LogP contribution in [0.25, 0.3) is 11.0 Å². The molecule has 0 unspecified atom stereocenters. The highest BCUT2D eigenvalue weighted by atomic mass is 32.1. The van der Waals surface area contributed by atoms with E-state index < -0.39 is 29.9 Å². The molecule has 0 aliphatic heterocycles. The van der Waals surface area contributed by atoms with E-state index in [4.69, 9.17) is 9.47 Å². The zero-order chi connectivity index (χ0) is 25.1. The molecule has 10 heteroatoms. The zero-order valence-corrected chi connectivity index (χ0v) is 20.8. The summed E-state index contributed by atoms with van der Waals surface area (Å²) >= 11 is 1.35. The molecule has 0 spiro atoms. The van der Waals surface area contributed by atoms with E-state index in [1.807, 2.05) is 13.8 Å². The topological polar surface area (TPSA) is 117 Å². The van der Waals surface area contributed by atoms with Gasteiger partial charge < -0.3 is 19.4 Å². The summed E-state index contributed by atoms with van der Waals surface area (Å²) in [4.78, 5) is 56.1. The van der Waals surface area contributed by atoms with Crippen LogP contribution in [0.1, 0.15) is 63.0 Å². The van der Waals surface area contributed by atoms with Crippen molar-refractivity contribution in [1.29, 1.82) is 0 Å². The van der Waals surface area contributed by atoms with E-state index in [9.17, 15) is 19.2 Å². The Kier molecular flexibility index (Phi) is 7.30. The van der Waals surface area contributed by atoms with Gasteiger partial charge in [-0.15, -0.1) is 11.3 Å². The Labute approximate surface area is 206 Å². The molecule has 4 rings (SSSR count). The van der Waals surface area contributed by atoms with Gasteiger partial charge in [-0.25, -0.2) is 14.6 Å². The fraction of sp³-hybridized carbons (Fsp3) is 0.400. The van der Waals surface area contributed by atoms with Crippen LogP contribution in [0.4, 0.5) is 5.00 Å². The molecule has 9 nitrogen and oxygen atoms in total. The van der Waals surface area contributed by atoms with Gasteiger partial charge in [0.2, 0.25) is 5.43 Å². The second-order valence-corrected chi connectivity index (χ2v) is 9.47. The number of carbonyl (C=O) groups excluding carboxylic acids is 3. The normalized spacial score (nSPS) is 13.1. The number of nitrogens with one attached hydrogen (secondary N) is 1. The van der Waals surface area contributed by atoms with E-state index in [1.165, 1.54) is 24.6 Å². The van der Waals surface area contributed by atoms with Gasteiger partial charge in [-0.2, -0.15) is 0 Å². The average Bonchev–Trinajstić information content (AvgIpc) is 3.02. The lowest BCUT2D eigenvalue weighted by atomic mass is 10.1. The van der Waals surface area contributed by atoms with Crippen molar-refractivity contribution in [2.24, 2.45) is 0 Å². The molecule has 184 valence electrons. The number of anilines is 1. The third kappa shape index (κ3) is 4.97. The first-order valence-electron chi connectivity index (χ1n) is 11.5. The van der Waals surface area contributed by atoms with Crippen molar-refractivity contribution in [3.8, 4) is 0 Å². The smallest absolute Gasteiger partial charge is 0.344 e. The fourth-order valence-corrected chi connectivity index (χ4v) is 5.56. The van der Waals surface area contributed by atoms with Gasteiger partial charge in [-0.3, -0.25) is 9.59 Å². The molecule has 3 aromatic heterocycles. The Hall–Kier alpha value is -3.53. The molecule has 1 aliphatic carbocycles. The number of aromatic nitrogens is 2. The summed E-state index contributed by atoms with van der Waals surface area (Å²) in [5.41, 5.74) is 1.86. The molecule has 0 saturated heterocycles. The van der Waals surface area contributed by atoms with Gasteiger partial charge in [0.15, 0.2) is 6.61 Å². The Bertz CT molecular complexity index is 1370. The second kappa shape index (κ2) is 10.4. The summed E-state index contributed by atoms with van der Waals surface area (Å²) in [5.74, 6) is -2.00. The number of methoxy groups -OCH3 is 1. The number of ether oxygens (including phenoxy) is 2. The Morgan fingerprint density at radius 2 is 1.91 bits per heavy atom. The van der Waals surface area contributed by atoms with Crippen LogP contribution >= 0.6 is 11.3 Å². The van der Waals surface area contributed by atoms with E-state index in [0.29, 0.717) is 28.1 Å². The van der Waals surface area contributed by atoms with E-state index >= 15 is 0 Å². The molecule has 0 aromatic carbocycles. The number of nitrogens with zero attached hydrogens (tertiary/aromatic N) is 2. The molecule has 3 heterocycles. The summed E-state index contributed by atoms with van der Waals surface area (Å²) in [7, 11) is 1.31. The van der Waals surface area contributed by atoms with Crippen LogP contribution in [-0.4, -0.2) is 41.1 Å².